The second-order valence-electron chi connectivity index (χ2n) is 13.9. The average molecular weight is 705 g/mol. The van der Waals surface area contributed by atoms with Gasteiger partial charge in [-0.1, -0.05) is 18.2 Å². The van der Waals surface area contributed by atoms with Gasteiger partial charge in [-0.3, -0.25) is 14.7 Å². The molecule has 0 bridgehead atoms. The maximum Gasteiger partial charge on any atom is 0.322 e. The lowest BCUT2D eigenvalue weighted by Crippen LogP contribution is -2.50. The van der Waals surface area contributed by atoms with Gasteiger partial charge < -0.3 is 25.3 Å². The van der Waals surface area contributed by atoms with Crippen LogP contribution in [0.2, 0.25) is 0 Å². The van der Waals surface area contributed by atoms with Crippen molar-refractivity contribution >= 4 is 50.4 Å². The fourth-order valence-corrected chi connectivity index (χ4v) is 9.00. The summed E-state index contributed by atoms with van der Waals surface area (Å²) in [6.07, 6.45) is 9.34. The van der Waals surface area contributed by atoms with E-state index in [2.05, 4.69) is 48.9 Å². The zero-order valence-electron chi connectivity index (χ0n) is 27.1. The SMILES string of the molecule is O=C(CC(Cc1cc(Br)c2[nH]ncc2c1)C(=O)N1CCC(C2CCNCC2)CC1)N1CCC(N2CCc3ccccc3NC2=O)CC1. The van der Waals surface area contributed by atoms with Crippen molar-refractivity contribution in [2.75, 3.05) is 51.1 Å². The number of H-pyrrole nitrogens is 1. The number of urea groups is 1. The highest BCUT2D eigenvalue weighted by Crippen LogP contribution is 2.33. The molecule has 3 aromatic rings. The fraction of sp³-hybridized carbons (Fsp3) is 0.556. The van der Waals surface area contributed by atoms with Crippen molar-refractivity contribution in [2.24, 2.45) is 17.8 Å². The van der Waals surface area contributed by atoms with Crippen molar-refractivity contribution in [3.05, 3.63) is 58.2 Å². The van der Waals surface area contributed by atoms with Crippen LogP contribution in [0.15, 0.2) is 47.1 Å². The van der Waals surface area contributed by atoms with Gasteiger partial charge in [-0.05, 0) is 122 Å². The van der Waals surface area contributed by atoms with Crippen LogP contribution in [0, 0.1) is 17.8 Å². The molecule has 1 aromatic heterocycles. The maximum absolute atomic E-state index is 14.2. The number of carbonyl (C=O) groups excluding carboxylic acids is 3. The van der Waals surface area contributed by atoms with Crippen molar-refractivity contribution in [1.29, 1.82) is 0 Å². The van der Waals surface area contributed by atoms with Gasteiger partial charge >= 0.3 is 6.03 Å². The summed E-state index contributed by atoms with van der Waals surface area (Å²) in [5, 5.41) is 14.7. The van der Waals surface area contributed by atoms with E-state index >= 15 is 0 Å². The van der Waals surface area contributed by atoms with Gasteiger partial charge in [0.1, 0.15) is 0 Å². The van der Waals surface area contributed by atoms with Gasteiger partial charge in [-0.15, -0.1) is 0 Å². The predicted molar refractivity (Wildman–Crippen MR) is 186 cm³/mol. The molecule has 250 valence electrons. The number of aromatic nitrogens is 2. The summed E-state index contributed by atoms with van der Waals surface area (Å²) in [5.41, 5.74) is 3.99. The van der Waals surface area contributed by atoms with E-state index in [4.69, 9.17) is 0 Å². The van der Waals surface area contributed by atoms with Crippen molar-refractivity contribution < 1.29 is 14.4 Å². The minimum absolute atomic E-state index is 0.0302. The Morgan fingerprint density at radius 2 is 1.64 bits per heavy atom. The molecule has 0 spiro atoms. The molecule has 4 aliphatic heterocycles. The maximum atomic E-state index is 14.2. The molecule has 3 fully saturated rings. The molecule has 7 rings (SSSR count). The van der Waals surface area contributed by atoms with Gasteiger partial charge in [-0.2, -0.15) is 5.10 Å². The third kappa shape index (κ3) is 7.21. The first-order valence-corrected chi connectivity index (χ1v) is 18.3. The van der Waals surface area contributed by atoms with Crippen LogP contribution >= 0.6 is 15.9 Å². The molecule has 4 aliphatic rings. The van der Waals surface area contributed by atoms with Crippen LogP contribution in [0.4, 0.5) is 10.5 Å². The predicted octanol–water partition coefficient (Wildman–Crippen LogP) is 5.19. The smallest absolute Gasteiger partial charge is 0.322 e. The molecule has 11 heteroatoms. The summed E-state index contributed by atoms with van der Waals surface area (Å²) < 4.78 is 0.908. The Morgan fingerprint density at radius 3 is 2.43 bits per heavy atom. The quantitative estimate of drug-likeness (QED) is 0.314. The first-order valence-electron chi connectivity index (χ1n) is 17.5. The van der Waals surface area contributed by atoms with E-state index in [9.17, 15) is 14.4 Å². The van der Waals surface area contributed by atoms with Crippen molar-refractivity contribution in [3.63, 3.8) is 0 Å². The Bertz CT molecular complexity index is 1590. The highest BCUT2D eigenvalue weighted by atomic mass is 79.9. The number of carbonyl (C=O) groups is 3. The molecule has 0 saturated carbocycles. The molecule has 1 atom stereocenters. The fourth-order valence-electron chi connectivity index (χ4n) is 8.39. The number of rotatable bonds is 7. The molecule has 10 nitrogen and oxygen atoms in total. The number of hydrogen-bond donors (Lipinski definition) is 3. The molecule has 0 radical (unpaired) electrons. The van der Waals surface area contributed by atoms with Crippen LogP contribution in [0.3, 0.4) is 0 Å². The van der Waals surface area contributed by atoms with E-state index in [-0.39, 0.29) is 30.3 Å². The molecular formula is C36H46BrN7O3. The number of nitrogens with one attached hydrogen (secondary N) is 3. The number of likely N-dealkylation sites (tertiary alicyclic amines) is 2. The highest BCUT2D eigenvalue weighted by molar-refractivity contribution is 9.10. The Morgan fingerprint density at radius 1 is 0.915 bits per heavy atom. The summed E-state index contributed by atoms with van der Waals surface area (Å²) in [4.78, 5) is 47.1. The second-order valence-corrected chi connectivity index (χ2v) is 14.8. The third-order valence-electron chi connectivity index (χ3n) is 11.1. The summed E-state index contributed by atoms with van der Waals surface area (Å²) in [6, 6.07) is 12.1. The zero-order valence-corrected chi connectivity index (χ0v) is 28.6. The number of para-hydroxylation sites is 1. The molecular weight excluding hydrogens is 658 g/mol. The van der Waals surface area contributed by atoms with Gasteiger partial charge in [-0.25, -0.2) is 4.79 Å². The first-order chi connectivity index (χ1) is 22.9. The molecule has 3 N–H and O–H groups in total. The van der Waals surface area contributed by atoms with Crippen molar-refractivity contribution in [2.45, 2.75) is 63.8 Å². The van der Waals surface area contributed by atoms with Crippen molar-refractivity contribution in [3.8, 4) is 0 Å². The monoisotopic (exact) mass is 703 g/mol. The minimum atomic E-state index is -0.429. The van der Waals surface area contributed by atoms with E-state index in [0.29, 0.717) is 32.0 Å². The number of anilines is 1. The molecule has 4 amide bonds. The number of benzene rings is 2. The second kappa shape index (κ2) is 14.4. The lowest BCUT2D eigenvalue weighted by atomic mass is 9.79. The molecule has 0 aliphatic carbocycles. The number of halogens is 1. The molecule has 2 aromatic carbocycles. The number of piperidine rings is 3. The van der Waals surface area contributed by atoms with Crippen molar-refractivity contribution in [1.82, 2.24) is 30.2 Å². The van der Waals surface area contributed by atoms with E-state index in [0.717, 1.165) is 96.4 Å². The van der Waals surface area contributed by atoms with Gasteiger partial charge in [0.05, 0.1) is 17.6 Å². The topological polar surface area (TPSA) is 114 Å². The number of amides is 4. The Balaban J connectivity index is 1.00. The van der Waals surface area contributed by atoms with Crippen LogP contribution in [-0.2, 0) is 22.4 Å². The lowest BCUT2D eigenvalue weighted by Gasteiger charge is -2.40. The molecule has 47 heavy (non-hydrogen) atoms. The van der Waals surface area contributed by atoms with Crippen LogP contribution in [0.1, 0.15) is 56.1 Å². The third-order valence-corrected chi connectivity index (χ3v) is 11.7. The van der Waals surface area contributed by atoms with E-state index in [1.807, 2.05) is 39.0 Å². The number of fused-ring (bicyclic) bond motifs is 2. The normalized spacial score (nSPS) is 21.0. The Labute approximate surface area is 285 Å². The van der Waals surface area contributed by atoms with Gasteiger partial charge in [0.2, 0.25) is 11.8 Å². The van der Waals surface area contributed by atoms with Gasteiger partial charge in [0.25, 0.3) is 0 Å². The molecule has 3 saturated heterocycles. The number of nitrogens with zero attached hydrogens (tertiary/aromatic N) is 4. The Hall–Kier alpha value is -3.44. The van der Waals surface area contributed by atoms with E-state index in [1.54, 1.807) is 6.20 Å². The summed E-state index contributed by atoms with van der Waals surface area (Å²) in [5.74, 6) is 1.14. The molecule has 5 heterocycles. The minimum Gasteiger partial charge on any atom is -0.343 e. The van der Waals surface area contributed by atoms with E-state index < -0.39 is 5.92 Å². The van der Waals surface area contributed by atoms with Crippen LogP contribution in [0.25, 0.3) is 10.9 Å². The average Bonchev–Trinajstić information content (AvgIpc) is 3.52. The number of aromatic amines is 1. The summed E-state index contributed by atoms with van der Waals surface area (Å²) in [7, 11) is 0. The summed E-state index contributed by atoms with van der Waals surface area (Å²) in [6.45, 7) is 5.60. The summed E-state index contributed by atoms with van der Waals surface area (Å²) >= 11 is 3.67. The van der Waals surface area contributed by atoms with Crippen LogP contribution < -0.4 is 10.6 Å². The molecule has 1 unspecified atom stereocenters. The first kappa shape index (κ1) is 32.1. The van der Waals surface area contributed by atoms with E-state index in [1.165, 1.54) is 12.8 Å². The van der Waals surface area contributed by atoms with Gasteiger partial charge in [0.15, 0.2) is 0 Å². The largest absolute Gasteiger partial charge is 0.343 e. The number of hydrogen-bond acceptors (Lipinski definition) is 5. The van der Waals surface area contributed by atoms with Gasteiger partial charge in [0, 0.05) is 60.7 Å². The Kier molecular flexibility index (Phi) is 9.81. The standard InChI is InChI=1S/C36H46BrN7O3/c37-31-21-24(20-29-23-39-41-34(29)31)19-28(35(46)43-14-7-26(8-15-43)25-5-12-38-13-6-25)22-33(45)42-16-10-30(11-17-42)44-18-9-27-3-1-2-4-32(27)40-36(44)47/h1-4,20-21,23,25-26,28,30,38H,5-19,22H2,(H,39,41)(H,40,47). The lowest BCUT2D eigenvalue weighted by molar-refractivity contribution is -0.143. The zero-order chi connectivity index (χ0) is 32.3. The highest BCUT2D eigenvalue weighted by Gasteiger charge is 2.36. The van der Waals surface area contributed by atoms with Crippen LogP contribution in [-0.4, -0.2) is 94.6 Å². The van der Waals surface area contributed by atoms with Crippen LogP contribution in [0.5, 0.6) is 0 Å².